The predicted octanol–water partition coefficient (Wildman–Crippen LogP) is 3.52. The fourth-order valence-corrected chi connectivity index (χ4v) is 1.75. The molecular formula is C15H16ClNO5. The number of hydrogen-bond acceptors (Lipinski definition) is 5. The first-order valence-corrected chi connectivity index (χ1v) is 6.78. The zero-order valence-electron chi connectivity index (χ0n) is 12.3. The fourth-order valence-electron chi connectivity index (χ4n) is 1.49. The van der Waals surface area contributed by atoms with Crippen LogP contribution < -0.4 is 0 Å². The molecule has 0 spiro atoms. The van der Waals surface area contributed by atoms with E-state index in [0.29, 0.717) is 0 Å². The van der Waals surface area contributed by atoms with E-state index in [1.807, 2.05) is 0 Å². The summed E-state index contributed by atoms with van der Waals surface area (Å²) in [6, 6.07) is 4.30. The lowest BCUT2D eigenvalue weighted by molar-refractivity contribution is -0.142. The lowest BCUT2D eigenvalue weighted by Gasteiger charge is -2.09. The molecule has 0 aromatic heterocycles. The molecule has 6 nitrogen and oxygen atoms in total. The Hall–Kier alpha value is -2.34. The summed E-state index contributed by atoms with van der Waals surface area (Å²) in [7, 11) is 0. The van der Waals surface area contributed by atoms with Crippen molar-refractivity contribution in [3.05, 3.63) is 40.1 Å². The maximum atomic E-state index is 11.8. The molecule has 7 heteroatoms. The van der Waals surface area contributed by atoms with Crippen LogP contribution in [0.15, 0.2) is 34.5 Å². The number of halogens is 1. The lowest BCUT2D eigenvalue weighted by atomic mass is 10.2. The number of aromatic carboxylic acids is 1. The first kappa shape index (κ1) is 17.7. The molecule has 1 aromatic rings. The Labute approximate surface area is 132 Å². The molecule has 0 unspecified atom stereocenters. The summed E-state index contributed by atoms with van der Waals surface area (Å²) in [6.45, 7) is 4.66. The van der Waals surface area contributed by atoms with Crippen molar-refractivity contribution in [2.45, 2.75) is 26.9 Å². The first-order chi connectivity index (χ1) is 10.2. The third-order valence-electron chi connectivity index (χ3n) is 2.49. The number of esters is 1. The molecule has 0 fully saturated rings. The van der Waals surface area contributed by atoms with Crippen molar-refractivity contribution in [3.63, 3.8) is 0 Å². The Balaban J connectivity index is 3.14. The Morgan fingerprint density at radius 2 is 1.95 bits per heavy atom. The largest absolute Gasteiger partial charge is 0.512 e. The minimum Gasteiger partial charge on any atom is -0.512 e. The van der Waals surface area contributed by atoms with Crippen LogP contribution in [0.3, 0.4) is 0 Å². The van der Waals surface area contributed by atoms with Gasteiger partial charge < -0.3 is 14.9 Å². The van der Waals surface area contributed by atoms with E-state index in [-0.39, 0.29) is 33.7 Å². The second-order valence-electron chi connectivity index (χ2n) is 4.66. The van der Waals surface area contributed by atoms with Crippen LogP contribution in [0.4, 0.5) is 5.69 Å². The van der Waals surface area contributed by atoms with Crippen molar-refractivity contribution in [1.82, 2.24) is 0 Å². The van der Waals surface area contributed by atoms with Gasteiger partial charge in [0.25, 0.3) is 0 Å². The molecule has 1 rings (SSSR count). The molecule has 1 aromatic carbocycles. The lowest BCUT2D eigenvalue weighted by Crippen LogP contribution is -2.15. The van der Waals surface area contributed by atoms with Gasteiger partial charge in [-0.15, -0.1) is 0 Å². The van der Waals surface area contributed by atoms with Crippen LogP contribution >= 0.6 is 11.6 Å². The number of carboxylic acid groups (broad SMARTS) is 1. The molecule has 22 heavy (non-hydrogen) atoms. The number of carboxylic acids is 1. The molecular weight excluding hydrogens is 310 g/mol. The number of ether oxygens (including phenoxy) is 1. The van der Waals surface area contributed by atoms with Gasteiger partial charge in [0.05, 0.1) is 22.4 Å². The number of benzene rings is 1. The molecule has 0 saturated heterocycles. The second kappa shape index (κ2) is 7.61. The van der Waals surface area contributed by atoms with Crippen LogP contribution in [0.2, 0.25) is 5.02 Å². The molecule has 0 saturated carbocycles. The third kappa shape index (κ3) is 4.60. The Kier molecular flexibility index (Phi) is 6.12. The number of hydrogen-bond donors (Lipinski definition) is 2. The summed E-state index contributed by atoms with van der Waals surface area (Å²) in [5.74, 6) is -2.18. The minimum atomic E-state index is -1.18. The number of allylic oxidation sites excluding steroid dienone is 1. The van der Waals surface area contributed by atoms with Crippen LogP contribution in [-0.2, 0) is 9.53 Å². The quantitative estimate of drug-likeness (QED) is 0.373. The van der Waals surface area contributed by atoms with Crippen molar-refractivity contribution in [1.29, 1.82) is 0 Å². The van der Waals surface area contributed by atoms with Gasteiger partial charge in [0, 0.05) is 6.21 Å². The molecule has 0 atom stereocenters. The van der Waals surface area contributed by atoms with Crippen molar-refractivity contribution in [3.8, 4) is 0 Å². The smallest absolute Gasteiger partial charge is 0.343 e. The average Bonchev–Trinajstić information content (AvgIpc) is 2.39. The van der Waals surface area contributed by atoms with Crippen LogP contribution in [0.25, 0.3) is 0 Å². The van der Waals surface area contributed by atoms with Crippen LogP contribution in [0.5, 0.6) is 0 Å². The zero-order chi connectivity index (χ0) is 16.9. The molecule has 0 amide bonds. The van der Waals surface area contributed by atoms with Crippen molar-refractivity contribution in [2.75, 3.05) is 0 Å². The number of aliphatic imine (C=N–C) groups is 1. The number of aliphatic hydroxyl groups is 1. The molecule has 118 valence electrons. The number of nitrogens with zero attached hydrogens (tertiary/aromatic N) is 1. The zero-order valence-corrected chi connectivity index (χ0v) is 13.1. The van der Waals surface area contributed by atoms with E-state index in [1.54, 1.807) is 13.8 Å². The van der Waals surface area contributed by atoms with Gasteiger partial charge in [0.2, 0.25) is 0 Å². The monoisotopic (exact) mass is 325 g/mol. The van der Waals surface area contributed by atoms with E-state index >= 15 is 0 Å². The summed E-state index contributed by atoms with van der Waals surface area (Å²) >= 11 is 5.94. The second-order valence-corrected chi connectivity index (χ2v) is 5.03. The summed E-state index contributed by atoms with van der Waals surface area (Å²) in [6.07, 6.45) is 0.738. The Morgan fingerprint density at radius 3 is 2.45 bits per heavy atom. The summed E-state index contributed by atoms with van der Waals surface area (Å²) < 4.78 is 4.98. The van der Waals surface area contributed by atoms with Gasteiger partial charge in [-0.05, 0) is 32.9 Å². The van der Waals surface area contributed by atoms with Gasteiger partial charge in [-0.3, -0.25) is 4.99 Å². The number of rotatable bonds is 5. The summed E-state index contributed by atoms with van der Waals surface area (Å²) in [5.41, 5.74) is -0.0736. The van der Waals surface area contributed by atoms with E-state index in [0.717, 1.165) is 6.21 Å². The third-order valence-corrected chi connectivity index (χ3v) is 2.89. The SMILES string of the molecule is CC(O)=C(C=Nc1cccc(C(=O)O)c1Cl)C(=O)OC(C)C. The standard InChI is InChI=1S/C15H16ClNO5/c1-8(2)22-15(21)11(9(3)18)7-17-12-6-4-5-10(13(12)16)14(19)20/h4-8,18H,1-3H3,(H,19,20). The van der Waals surface area contributed by atoms with Gasteiger partial charge >= 0.3 is 11.9 Å². The predicted molar refractivity (Wildman–Crippen MR) is 83.1 cm³/mol. The minimum absolute atomic E-state index is 0.0570. The van der Waals surface area contributed by atoms with E-state index in [9.17, 15) is 14.7 Å². The highest BCUT2D eigenvalue weighted by Gasteiger charge is 2.15. The van der Waals surface area contributed by atoms with Crippen LogP contribution in [-0.4, -0.2) is 34.5 Å². The molecule has 0 aliphatic carbocycles. The van der Waals surface area contributed by atoms with Crippen molar-refractivity contribution in [2.24, 2.45) is 4.99 Å². The molecule has 0 bridgehead atoms. The van der Waals surface area contributed by atoms with E-state index in [1.165, 1.54) is 25.1 Å². The first-order valence-electron chi connectivity index (χ1n) is 6.40. The normalized spacial score (nSPS) is 12.4. The Morgan fingerprint density at radius 1 is 1.32 bits per heavy atom. The maximum Gasteiger partial charge on any atom is 0.343 e. The van der Waals surface area contributed by atoms with E-state index in [2.05, 4.69) is 4.99 Å². The molecule has 0 heterocycles. The van der Waals surface area contributed by atoms with Gasteiger partial charge in [-0.1, -0.05) is 17.7 Å². The van der Waals surface area contributed by atoms with Gasteiger partial charge in [0.1, 0.15) is 11.3 Å². The molecule has 0 aliphatic rings. The Bertz CT molecular complexity index is 645. The maximum absolute atomic E-state index is 11.8. The highest BCUT2D eigenvalue weighted by Crippen LogP contribution is 2.28. The number of aliphatic hydroxyl groups excluding tert-OH is 1. The van der Waals surface area contributed by atoms with E-state index < -0.39 is 11.9 Å². The van der Waals surface area contributed by atoms with Gasteiger partial charge in [0.15, 0.2) is 0 Å². The summed E-state index contributed by atoms with van der Waals surface area (Å²) in [4.78, 5) is 26.8. The number of carbonyl (C=O) groups is 2. The van der Waals surface area contributed by atoms with Crippen LogP contribution in [0.1, 0.15) is 31.1 Å². The van der Waals surface area contributed by atoms with E-state index in [4.69, 9.17) is 21.4 Å². The molecule has 0 aliphatic heterocycles. The van der Waals surface area contributed by atoms with Crippen LogP contribution in [0, 0.1) is 0 Å². The van der Waals surface area contributed by atoms with Gasteiger partial charge in [-0.25, -0.2) is 9.59 Å². The van der Waals surface area contributed by atoms with Gasteiger partial charge in [-0.2, -0.15) is 0 Å². The molecule has 0 radical (unpaired) electrons. The van der Waals surface area contributed by atoms with Crippen molar-refractivity contribution >= 4 is 35.4 Å². The topological polar surface area (TPSA) is 96.2 Å². The summed E-state index contributed by atoms with van der Waals surface area (Å²) in [5, 5.41) is 18.5. The highest BCUT2D eigenvalue weighted by atomic mass is 35.5. The van der Waals surface area contributed by atoms with Crippen molar-refractivity contribution < 1.29 is 24.5 Å². The number of carbonyl (C=O) groups excluding carboxylic acids is 1. The average molecular weight is 326 g/mol. The molecule has 2 N–H and O–H groups in total. The fraction of sp³-hybridized carbons (Fsp3) is 0.267. The highest BCUT2D eigenvalue weighted by molar-refractivity contribution is 6.36.